The van der Waals surface area contributed by atoms with Crippen molar-refractivity contribution in [2.45, 2.75) is 32.6 Å². The summed E-state index contributed by atoms with van der Waals surface area (Å²) in [5.74, 6) is 1.71. The van der Waals surface area contributed by atoms with Gasteiger partial charge in [0.1, 0.15) is 5.75 Å². The van der Waals surface area contributed by atoms with E-state index in [1.807, 2.05) is 30.3 Å². The minimum absolute atomic E-state index is 0.305. The van der Waals surface area contributed by atoms with Crippen molar-refractivity contribution < 1.29 is 9.53 Å². The van der Waals surface area contributed by atoms with Crippen LogP contribution in [-0.4, -0.2) is 12.9 Å². The van der Waals surface area contributed by atoms with E-state index in [4.69, 9.17) is 4.74 Å². The maximum absolute atomic E-state index is 12.1. The van der Waals surface area contributed by atoms with E-state index in [1.54, 1.807) is 7.11 Å². The Kier molecular flexibility index (Phi) is 4.19. The average molecular weight is 244 g/mol. The van der Waals surface area contributed by atoms with E-state index in [-0.39, 0.29) is 0 Å². The first-order valence-corrected chi connectivity index (χ1v) is 6.61. The van der Waals surface area contributed by atoms with Gasteiger partial charge in [0, 0.05) is 12.0 Å². The van der Waals surface area contributed by atoms with Crippen LogP contribution in [-0.2, 0) is 4.79 Å². The van der Waals surface area contributed by atoms with Crippen molar-refractivity contribution in [2.75, 3.05) is 7.11 Å². The van der Waals surface area contributed by atoms with E-state index in [9.17, 15) is 4.79 Å². The number of para-hydroxylation sites is 1. The molecule has 2 nitrogen and oxygen atoms in total. The third kappa shape index (κ3) is 2.81. The molecule has 0 aromatic heterocycles. The van der Waals surface area contributed by atoms with E-state index in [2.05, 4.69) is 6.92 Å². The summed E-state index contributed by atoms with van der Waals surface area (Å²) in [5.41, 5.74) is 1.95. The van der Waals surface area contributed by atoms with E-state index in [0.29, 0.717) is 18.1 Å². The molecule has 0 heterocycles. The Morgan fingerprint density at radius 3 is 2.83 bits per heavy atom. The minimum Gasteiger partial charge on any atom is -0.496 e. The lowest BCUT2D eigenvalue weighted by Crippen LogP contribution is -2.16. The zero-order valence-corrected chi connectivity index (χ0v) is 11.1. The molecule has 1 aliphatic carbocycles. The van der Waals surface area contributed by atoms with E-state index >= 15 is 0 Å². The molecule has 18 heavy (non-hydrogen) atoms. The number of rotatable bonds is 3. The number of benzene rings is 1. The number of ether oxygens (including phenoxy) is 1. The molecular formula is C16H20O2. The molecule has 2 heteroatoms. The van der Waals surface area contributed by atoms with Crippen LogP contribution in [0.5, 0.6) is 5.75 Å². The normalized spacial score (nSPS) is 22.2. The molecule has 1 unspecified atom stereocenters. The summed E-state index contributed by atoms with van der Waals surface area (Å²) in [7, 11) is 1.66. The van der Waals surface area contributed by atoms with Gasteiger partial charge in [0.05, 0.1) is 7.11 Å². The molecule has 0 aliphatic heterocycles. The maximum Gasteiger partial charge on any atom is 0.159 e. The molecule has 0 saturated heterocycles. The van der Waals surface area contributed by atoms with Gasteiger partial charge >= 0.3 is 0 Å². The predicted molar refractivity (Wildman–Crippen MR) is 73.6 cm³/mol. The van der Waals surface area contributed by atoms with Crippen LogP contribution >= 0.6 is 0 Å². The summed E-state index contributed by atoms with van der Waals surface area (Å²) >= 11 is 0. The Balaban J connectivity index is 2.21. The highest BCUT2D eigenvalue weighted by Gasteiger charge is 2.22. The van der Waals surface area contributed by atoms with Crippen LogP contribution in [0.3, 0.4) is 0 Å². The monoisotopic (exact) mass is 244 g/mol. The fourth-order valence-corrected chi connectivity index (χ4v) is 2.47. The van der Waals surface area contributed by atoms with Gasteiger partial charge in [0.15, 0.2) is 5.78 Å². The zero-order chi connectivity index (χ0) is 13.0. The lowest BCUT2D eigenvalue weighted by Gasteiger charge is -2.21. The first-order valence-electron chi connectivity index (χ1n) is 6.61. The van der Waals surface area contributed by atoms with Gasteiger partial charge in [0.2, 0.25) is 0 Å². The molecule has 1 atom stereocenters. The van der Waals surface area contributed by atoms with Crippen LogP contribution in [0.1, 0.15) is 38.2 Å². The molecule has 0 bridgehead atoms. The van der Waals surface area contributed by atoms with Crippen molar-refractivity contribution in [1.29, 1.82) is 0 Å². The topological polar surface area (TPSA) is 26.3 Å². The van der Waals surface area contributed by atoms with Crippen LogP contribution in [0.15, 0.2) is 29.8 Å². The van der Waals surface area contributed by atoms with Crippen LogP contribution in [0.4, 0.5) is 0 Å². The van der Waals surface area contributed by atoms with E-state index < -0.39 is 0 Å². The van der Waals surface area contributed by atoms with Crippen LogP contribution in [0.2, 0.25) is 0 Å². The molecule has 1 aromatic carbocycles. The number of ketones is 1. The van der Waals surface area contributed by atoms with Crippen LogP contribution in [0, 0.1) is 5.92 Å². The number of methoxy groups -OCH3 is 1. The summed E-state index contributed by atoms with van der Waals surface area (Å²) < 4.78 is 5.31. The zero-order valence-electron chi connectivity index (χ0n) is 11.1. The van der Waals surface area contributed by atoms with Gasteiger partial charge in [0.25, 0.3) is 0 Å². The molecule has 1 aromatic rings. The van der Waals surface area contributed by atoms with Gasteiger partial charge in [-0.3, -0.25) is 4.79 Å². The number of hydrogen-bond acceptors (Lipinski definition) is 2. The van der Waals surface area contributed by atoms with Crippen LogP contribution < -0.4 is 4.74 Å². The molecule has 0 amide bonds. The Morgan fingerprint density at radius 2 is 2.17 bits per heavy atom. The summed E-state index contributed by atoms with van der Waals surface area (Å²) in [5, 5.41) is 0. The van der Waals surface area contributed by atoms with Crippen molar-refractivity contribution in [3.8, 4) is 5.75 Å². The summed E-state index contributed by atoms with van der Waals surface area (Å²) in [4.78, 5) is 12.1. The Hall–Kier alpha value is -1.57. The Bertz CT molecular complexity index is 460. The standard InChI is InChI=1S/C16H20O2/c1-3-12-8-9-13(15(17)10-12)11-14-6-4-5-7-16(14)18-2/h4-7,11-12H,3,8-10H2,1-2H3. The summed E-state index contributed by atoms with van der Waals surface area (Å²) in [6.45, 7) is 2.16. The van der Waals surface area contributed by atoms with Gasteiger partial charge in [-0.05, 0) is 36.5 Å². The number of Topliss-reactive ketones (excluding diaryl/α,β-unsaturated/α-hetero) is 1. The van der Waals surface area contributed by atoms with Crippen molar-refractivity contribution in [3.05, 3.63) is 35.4 Å². The Morgan fingerprint density at radius 1 is 1.39 bits per heavy atom. The first-order chi connectivity index (χ1) is 8.74. The van der Waals surface area contributed by atoms with Crippen molar-refractivity contribution in [1.82, 2.24) is 0 Å². The smallest absolute Gasteiger partial charge is 0.159 e. The number of hydrogen-bond donors (Lipinski definition) is 0. The molecule has 1 aliphatic rings. The van der Waals surface area contributed by atoms with Crippen molar-refractivity contribution in [3.63, 3.8) is 0 Å². The van der Waals surface area contributed by atoms with Crippen molar-refractivity contribution in [2.24, 2.45) is 5.92 Å². The SMILES string of the molecule is CCC1CCC(=Cc2ccccc2OC)C(=O)C1. The fraction of sp³-hybridized carbons (Fsp3) is 0.438. The molecule has 0 radical (unpaired) electrons. The Labute approximate surface area is 109 Å². The third-order valence-corrected chi connectivity index (χ3v) is 3.70. The molecule has 1 fully saturated rings. The highest BCUT2D eigenvalue weighted by atomic mass is 16.5. The number of allylic oxidation sites excluding steroid dienone is 1. The van der Waals surface area contributed by atoms with E-state index in [1.165, 1.54) is 0 Å². The molecular weight excluding hydrogens is 224 g/mol. The molecule has 2 rings (SSSR count). The quantitative estimate of drug-likeness (QED) is 0.755. The lowest BCUT2D eigenvalue weighted by molar-refractivity contribution is -0.117. The highest BCUT2D eigenvalue weighted by molar-refractivity contribution is 6.00. The molecule has 0 N–H and O–H groups in total. The highest BCUT2D eigenvalue weighted by Crippen LogP contribution is 2.30. The summed E-state index contributed by atoms with van der Waals surface area (Å²) in [6, 6.07) is 7.83. The average Bonchev–Trinajstić information content (AvgIpc) is 2.41. The molecule has 96 valence electrons. The summed E-state index contributed by atoms with van der Waals surface area (Å²) in [6.07, 6.45) is 5.83. The van der Waals surface area contributed by atoms with Gasteiger partial charge in [-0.1, -0.05) is 31.5 Å². The fourth-order valence-electron chi connectivity index (χ4n) is 2.47. The lowest BCUT2D eigenvalue weighted by atomic mass is 9.83. The second-order valence-electron chi connectivity index (χ2n) is 4.85. The van der Waals surface area contributed by atoms with Gasteiger partial charge in [-0.2, -0.15) is 0 Å². The first kappa shape index (κ1) is 12.9. The maximum atomic E-state index is 12.1. The largest absolute Gasteiger partial charge is 0.496 e. The predicted octanol–water partition coefficient (Wildman–Crippen LogP) is 3.86. The van der Waals surface area contributed by atoms with Gasteiger partial charge in [-0.15, -0.1) is 0 Å². The van der Waals surface area contributed by atoms with Gasteiger partial charge in [-0.25, -0.2) is 0 Å². The van der Waals surface area contributed by atoms with Crippen LogP contribution in [0.25, 0.3) is 6.08 Å². The van der Waals surface area contributed by atoms with E-state index in [0.717, 1.165) is 36.1 Å². The molecule has 0 spiro atoms. The van der Waals surface area contributed by atoms with Crippen molar-refractivity contribution >= 4 is 11.9 Å². The second kappa shape index (κ2) is 5.85. The third-order valence-electron chi connectivity index (χ3n) is 3.70. The second-order valence-corrected chi connectivity index (χ2v) is 4.85. The van der Waals surface area contributed by atoms with Gasteiger partial charge < -0.3 is 4.74 Å². The number of carbonyl (C=O) groups excluding carboxylic acids is 1. The number of carbonyl (C=O) groups is 1. The molecule has 1 saturated carbocycles. The minimum atomic E-state index is 0.305.